The first-order valence-electron chi connectivity index (χ1n) is 2.79. The Kier molecular flexibility index (Phi) is 0.562. The monoisotopic (exact) mass is 106 g/mol. The first-order chi connectivity index (χ1) is 3.86. The maximum absolute atomic E-state index is 10.7. The lowest BCUT2D eigenvalue weighted by molar-refractivity contribution is -0.116. The summed E-state index contributed by atoms with van der Waals surface area (Å²) in [6, 6.07) is 0. The second kappa shape index (κ2) is 1.10. The molecule has 0 aliphatic heterocycles. The minimum Gasteiger partial charge on any atom is -0.294 e. The number of fused-ring (bicyclic) bond motifs is 2. The van der Waals surface area contributed by atoms with Crippen molar-refractivity contribution < 1.29 is 4.79 Å². The molecule has 0 saturated carbocycles. The van der Waals surface area contributed by atoms with E-state index >= 15 is 0 Å². The summed E-state index contributed by atoms with van der Waals surface area (Å²) >= 11 is 0. The number of hydrogen-bond acceptors (Lipinski definition) is 1. The zero-order valence-corrected chi connectivity index (χ0v) is 4.42. The molecule has 0 aromatic carbocycles. The number of rotatable bonds is 0. The predicted octanol–water partition coefficient (Wildman–Crippen LogP) is 1.07. The van der Waals surface area contributed by atoms with Gasteiger partial charge in [-0.1, -0.05) is 12.2 Å². The largest absolute Gasteiger partial charge is 0.294 e. The highest BCUT2D eigenvalue weighted by Gasteiger charge is 2.25. The average Bonchev–Trinajstić information content (AvgIpc) is 2.23. The standard InChI is InChI=1S/C7H6O/c8-7-4-5-1-2-6(7)3-5/h1-2,4,6H,3H2. The van der Waals surface area contributed by atoms with Gasteiger partial charge in [-0.3, -0.25) is 4.79 Å². The SMILES string of the molecule is O=C1C=C2C=CC1C2. The molecule has 0 heterocycles. The normalized spacial score (nSPS) is 31.8. The quantitative estimate of drug-likeness (QED) is 0.451. The summed E-state index contributed by atoms with van der Waals surface area (Å²) in [5.41, 5.74) is 1.21. The van der Waals surface area contributed by atoms with Gasteiger partial charge in [-0.05, 0) is 18.1 Å². The van der Waals surface area contributed by atoms with Crippen LogP contribution in [0.5, 0.6) is 0 Å². The van der Waals surface area contributed by atoms with Crippen LogP contribution in [0.25, 0.3) is 0 Å². The van der Waals surface area contributed by atoms with Crippen molar-refractivity contribution in [3.8, 4) is 0 Å². The molecule has 0 spiro atoms. The lowest BCUT2D eigenvalue weighted by Crippen LogP contribution is -2.00. The molecule has 0 radical (unpaired) electrons. The van der Waals surface area contributed by atoms with E-state index in [1.807, 2.05) is 12.2 Å². The van der Waals surface area contributed by atoms with Crippen molar-refractivity contribution in [1.82, 2.24) is 0 Å². The van der Waals surface area contributed by atoms with Gasteiger partial charge in [0.1, 0.15) is 0 Å². The van der Waals surface area contributed by atoms with E-state index in [1.54, 1.807) is 6.08 Å². The molecule has 2 aliphatic carbocycles. The zero-order valence-electron chi connectivity index (χ0n) is 4.42. The van der Waals surface area contributed by atoms with Gasteiger partial charge in [-0.15, -0.1) is 0 Å². The Labute approximate surface area is 47.7 Å². The van der Waals surface area contributed by atoms with Gasteiger partial charge in [0.05, 0.1) is 0 Å². The molecular formula is C7H6O. The third kappa shape index (κ3) is 0.340. The molecule has 8 heavy (non-hydrogen) atoms. The molecule has 1 atom stereocenters. The summed E-state index contributed by atoms with van der Waals surface area (Å²) < 4.78 is 0. The second-order valence-corrected chi connectivity index (χ2v) is 2.29. The summed E-state index contributed by atoms with van der Waals surface area (Å²) in [4.78, 5) is 10.7. The molecule has 0 amide bonds. The minimum atomic E-state index is 0.227. The predicted molar refractivity (Wildman–Crippen MR) is 30.3 cm³/mol. The van der Waals surface area contributed by atoms with Crippen LogP contribution in [-0.4, -0.2) is 5.78 Å². The van der Waals surface area contributed by atoms with Gasteiger partial charge in [-0.2, -0.15) is 0 Å². The smallest absolute Gasteiger partial charge is 0.163 e. The summed E-state index contributed by atoms with van der Waals surface area (Å²) in [5, 5.41) is 0. The average molecular weight is 106 g/mol. The maximum Gasteiger partial charge on any atom is 0.163 e. The van der Waals surface area contributed by atoms with Crippen LogP contribution >= 0.6 is 0 Å². The molecule has 0 N–H and O–H groups in total. The molecule has 0 aromatic heterocycles. The fraction of sp³-hybridized carbons (Fsp3) is 0.286. The van der Waals surface area contributed by atoms with Crippen LogP contribution in [0.15, 0.2) is 23.8 Å². The van der Waals surface area contributed by atoms with Crippen molar-refractivity contribution in [2.24, 2.45) is 5.92 Å². The zero-order chi connectivity index (χ0) is 5.56. The molecule has 0 fully saturated rings. The number of allylic oxidation sites excluding steroid dienone is 4. The molecule has 2 bridgehead atoms. The Morgan fingerprint density at radius 2 is 2.50 bits per heavy atom. The van der Waals surface area contributed by atoms with Gasteiger partial charge in [0.15, 0.2) is 5.78 Å². The van der Waals surface area contributed by atoms with Crippen molar-refractivity contribution in [3.63, 3.8) is 0 Å². The highest BCUT2D eigenvalue weighted by Crippen LogP contribution is 2.30. The second-order valence-electron chi connectivity index (χ2n) is 2.29. The number of hydrogen-bond donors (Lipinski definition) is 0. The Balaban J connectivity index is 2.52. The lowest BCUT2D eigenvalue weighted by Gasteiger charge is -1.92. The summed E-state index contributed by atoms with van der Waals surface area (Å²) in [5.74, 6) is 0.521. The van der Waals surface area contributed by atoms with Gasteiger partial charge >= 0.3 is 0 Å². The van der Waals surface area contributed by atoms with Gasteiger partial charge in [-0.25, -0.2) is 0 Å². The van der Waals surface area contributed by atoms with Crippen LogP contribution < -0.4 is 0 Å². The molecular weight excluding hydrogens is 100 g/mol. The third-order valence-electron chi connectivity index (χ3n) is 1.69. The fourth-order valence-electron chi connectivity index (χ4n) is 1.22. The van der Waals surface area contributed by atoms with Crippen LogP contribution in [0.2, 0.25) is 0 Å². The van der Waals surface area contributed by atoms with E-state index in [-0.39, 0.29) is 5.92 Å². The number of carbonyl (C=O) groups excluding carboxylic acids is 1. The number of ketones is 1. The molecule has 40 valence electrons. The van der Waals surface area contributed by atoms with Gasteiger partial charge in [0, 0.05) is 5.92 Å². The first-order valence-corrected chi connectivity index (χ1v) is 2.79. The van der Waals surface area contributed by atoms with Crippen molar-refractivity contribution in [3.05, 3.63) is 23.8 Å². The van der Waals surface area contributed by atoms with Crippen LogP contribution in [0.3, 0.4) is 0 Å². The topological polar surface area (TPSA) is 17.1 Å². The third-order valence-corrected chi connectivity index (χ3v) is 1.69. The summed E-state index contributed by atoms with van der Waals surface area (Å²) in [6.07, 6.45) is 6.73. The fourth-order valence-corrected chi connectivity index (χ4v) is 1.22. The van der Waals surface area contributed by atoms with E-state index in [2.05, 4.69) is 0 Å². The number of carbonyl (C=O) groups is 1. The molecule has 2 aliphatic rings. The molecule has 1 nitrogen and oxygen atoms in total. The Morgan fingerprint density at radius 1 is 1.62 bits per heavy atom. The Bertz CT molecular complexity index is 198. The van der Waals surface area contributed by atoms with Crippen molar-refractivity contribution in [2.75, 3.05) is 0 Å². The van der Waals surface area contributed by atoms with Gasteiger partial charge in [0.2, 0.25) is 0 Å². The molecule has 1 heteroatoms. The van der Waals surface area contributed by atoms with Crippen molar-refractivity contribution >= 4 is 5.78 Å². The molecule has 0 saturated heterocycles. The summed E-state index contributed by atoms with van der Waals surface area (Å²) in [7, 11) is 0. The van der Waals surface area contributed by atoms with Crippen LogP contribution in [-0.2, 0) is 4.79 Å². The van der Waals surface area contributed by atoms with Crippen LogP contribution in [0.4, 0.5) is 0 Å². The summed E-state index contributed by atoms with van der Waals surface area (Å²) in [6.45, 7) is 0. The van der Waals surface area contributed by atoms with Crippen LogP contribution in [0.1, 0.15) is 6.42 Å². The van der Waals surface area contributed by atoms with E-state index < -0.39 is 0 Å². The van der Waals surface area contributed by atoms with E-state index in [0.717, 1.165) is 6.42 Å². The highest BCUT2D eigenvalue weighted by atomic mass is 16.1. The van der Waals surface area contributed by atoms with E-state index in [9.17, 15) is 4.79 Å². The van der Waals surface area contributed by atoms with Crippen molar-refractivity contribution in [1.29, 1.82) is 0 Å². The van der Waals surface area contributed by atoms with Gasteiger partial charge in [0.25, 0.3) is 0 Å². The highest BCUT2D eigenvalue weighted by molar-refractivity contribution is 5.98. The lowest BCUT2D eigenvalue weighted by atomic mass is 10.1. The van der Waals surface area contributed by atoms with Gasteiger partial charge < -0.3 is 0 Å². The van der Waals surface area contributed by atoms with Crippen LogP contribution in [0, 0.1) is 5.92 Å². The Morgan fingerprint density at radius 3 is 2.75 bits per heavy atom. The first kappa shape index (κ1) is 4.07. The molecule has 1 unspecified atom stereocenters. The molecule has 0 aromatic rings. The molecule has 2 rings (SSSR count). The minimum absolute atomic E-state index is 0.227. The van der Waals surface area contributed by atoms with E-state index in [0.29, 0.717) is 5.78 Å². The van der Waals surface area contributed by atoms with Crippen molar-refractivity contribution in [2.45, 2.75) is 6.42 Å². The van der Waals surface area contributed by atoms with E-state index in [1.165, 1.54) is 5.57 Å². The van der Waals surface area contributed by atoms with E-state index in [4.69, 9.17) is 0 Å². The Hall–Kier alpha value is -0.850. The maximum atomic E-state index is 10.7.